The van der Waals surface area contributed by atoms with Crippen LogP contribution in [0.5, 0.6) is 11.5 Å². The second kappa shape index (κ2) is 9.94. The lowest BCUT2D eigenvalue weighted by Crippen LogP contribution is -2.53. The van der Waals surface area contributed by atoms with Crippen LogP contribution in [0.1, 0.15) is 69.4 Å². The maximum atomic E-state index is 13.5. The quantitative estimate of drug-likeness (QED) is 0.646. The molecule has 7 heteroatoms. The number of esters is 1. The van der Waals surface area contributed by atoms with Crippen molar-refractivity contribution in [3.63, 3.8) is 0 Å². The van der Waals surface area contributed by atoms with Gasteiger partial charge in [-0.05, 0) is 61.8 Å². The average Bonchev–Trinajstić information content (AvgIpc) is 3.13. The zero-order chi connectivity index (χ0) is 22.7. The van der Waals surface area contributed by atoms with Crippen LogP contribution in [0, 0.1) is 0 Å². The van der Waals surface area contributed by atoms with Gasteiger partial charge in [0.05, 0.1) is 21.3 Å². The minimum Gasteiger partial charge on any atom is -0.493 e. The topological polar surface area (TPSA) is 77.1 Å². The molecule has 0 bridgehead atoms. The summed E-state index contributed by atoms with van der Waals surface area (Å²) in [5.74, 6) is 0.903. The molecule has 0 saturated heterocycles. The summed E-state index contributed by atoms with van der Waals surface area (Å²) in [5, 5.41) is 3.53. The normalized spacial score (nSPS) is 22.5. The Kier molecular flexibility index (Phi) is 7.04. The van der Waals surface area contributed by atoms with Crippen LogP contribution in [0.4, 0.5) is 0 Å². The van der Waals surface area contributed by atoms with Crippen LogP contribution in [0.15, 0.2) is 29.3 Å². The van der Waals surface area contributed by atoms with Gasteiger partial charge in [-0.25, -0.2) is 4.79 Å². The molecule has 1 aromatic rings. The highest BCUT2D eigenvalue weighted by molar-refractivity contribution is 5.98. The van der Waals surface area contributed by atoms with Crippen molar-refractivity contribution in [1.29, 1.82) is 0 Å². The molecule has 1 amide bonds. The molecule has 1 aliphatic heterocycles. The average molecular weight is 443 g/mol. The minimum absolute atomic E-state index is 0.153. The van der Waals surface area contributed by atoms with E-state index >= 15 is 0 Å². The molecule has 7 nitrogen and oxygen atoms in total. The molecule has 1 heterocycles. The van der Waals surface area contributed by atoms with Crippen molar-refractivity contribution in [2.75, 3.05) is 21.3 Å². The highest BCUT2D eigenvalue weighted by Gasteiger charge is 2.44. The summed E-state index contributed by atoms with van der Waals surface area (Å²) in [4.78, 5) is 28.4. The van der Waals surface area contributed by atoms with Gasteiger partial charge in [-0.2, -0.15) is 0 Å². The maximum Gasteiger partial charge on any atom is 0.327 e. The van der Waals surface area contributed by atoms with Crippen molar-refractivity contribution in [2.24, 2.45) is 0 Å². The van der Waals surface area contributed by atoms with E-state index in [1.54, 1.807) is 26.4 Å². The molecule has 1 N–H and O–H groups in total. The minimum atomic E-state index is -0.725. The molecule has 3 aliphatic rings. The zero-order valence-electron chi connectivity index (χ0n) is 19.3. The van der Waals surface area contributed by atoms with Crippen molar-refractivity contribution in [2.45, 2.75) is 76.0 Å². The van der Waals surface area contributed by atoms with Crippen LogP contribution < -0.4 is 14.8 Å². The summed E-state index contributed by atoms with van der Waals surface area (Å²) in [7, 11) is 4.54. The maximum absolute atomic E-state index is 13.5. The number of benzene rings is 1. The highest BCUT2D eigenvalue weighted by atomic mass is 16.5. The van der Waals surface area contributed by atoms with Gasteiger partial charge >= 0.3 is 5.97 Å². The second-order valence-corrected chi connectivity index (χ2v) is 8.85. The lowest BCUT2D eigenvalue weighted by molar-refractivity contribution is -0.145. The number of methoxy groups -OCH3 is 3. The van der Waals surface area contributed by atoms with Crippen LogP contribution in [0.2, 0.25) is 0 Å². The van der Waals surface area contributed by atoms with Crippen LogP contribution in [-0.2, 0) is 14.3 Å². The van der Waals surface area contributed by atoms with E-state index < -0.39 is 12.0 Å². The van der Waals surface area contributed by atoms with Crippen LogP contribution >= 0.6 is 0 Å². The number of amides is 1. The Labute approximate surface area is 190 Å². The first kappa shape index (κ1) is 22.6. The predicted molar refractivity (Wildman–Crippen MR) is 120 cm³/mol. The molecule has 2 aliphatic carbocycles. The van der Waals surface area contributed by atoms with Crippen molar-refractivity contribution < 1.29 is 23.8 Å². The van der Waals surface area contributed by atoms with Gasteiger partial charge in [-0.1, -0.05) is 25.3 Å². The Bertz CT molecular complexity index is 890. The SMILES string of the molecule is COC(=O)[C@@H](N[C@@H]1C2=C(CCCC2)C(=O)N1C1CCCCC1)c1ccc(OC)c(OC)c1. The number of nitrogens with zero attached hydrogens (tertiary/aromatic N) is 1. The zero-order valence-corrected chi connectivity index (χ0v) is 19.3. The molecule has 1 aromatic carbocycles. The van der Waals surface area contributed by atoms with Crippen LogP contribution in [-0.4, -0.2) is 50.3 Å². The summed E-state index contributed by atoms with van der Waals surface area (Å²) in [6.45, 7) is 0. The first-order valence-corrected chi connectivity index (χ1v) is 11.7. The Morgan fingerprint density at radius 2 is 1.72 bits per heavy atom. The van der Waals surface area contributed by atoms with Crippen molar-refractivity contribution in [3.8, 4) is 11.5 Å². The fourth-order valence-corrected chi connectivity index (χ4v) is 5.44. The first-order valence-electron chi connectivity index (χ1n) is 11.7. The second-order valence-electron chi connectivity index (χ2n) is 8.85. The molecule has 1 fully saturated rings. The number of hydrogen-bond acceptors (Lipinski definition) is 6. The van der Waals surface area contributed by atoms with E-state index in [-0.39, 0.29) is 18.1 Å². The largest absolute Gasteiger partial charge is 0.493 e. The van der Waals surface area contributed by atoms with Gasteiger partial charge in [0, 0.05) is 11.6 Å². The molecule has 0 radical (unpaired) electrons. The number of rotatable bonds is 7. The van der Waals surface area contributed by atoms with E-state index in [0.29, 0.717) is 11.5 Å². The van der Waals surface area contributed by atoms with E-state index in [0.717, 1.165) is 68.1 Å². The summed E-state index contributed by atoms with van der Waals surface area (Å²) in [5.41, 5.74) is 2.83. The number of nitrogens with one attached hydrogen (secondary N) is 1. The summed E-state index contributed by atoms with van der Waals surface area (Å²) < 4.78 is 16.0. The molecular formula is C25H34N2O5. The Hall–Kier alpha value is -2.54. The molecule has 2 atom stereocenters. The Morgan fingerprint density at radius 1 is 1.00 bits per heavy atom. The van der Waals surface area contributed by atoms with Crippen LogP contribution in [0.25, 0.3) is 0 Å². The van der Waals surface area contributed by atoms with E-state index in [4.69, 9.17) is 14.2 Å². The third-order valence-electron chi connectivity index (χ3n) is 7.08. The van der Waals surface area contributed by atoms with Gasteiger partial charge in [-0.15, -0.1) is 0 Å². The monoisotopic (exact) mass is 442 g/mol. The van der Waals surface area contributed by atoms with Crippen molar-refractivity contribution in [1.82, 2.24) is 10.2 Å². The molecule has 32 heavy (non-hydrogen) atoms. The summed E-state index contributed by atoms with van der Waals surface area (Å²) >= 11 is 0. The number of ether oxygens (including phenoxy) is 3. The fourth-order valence-electron chi connectivity index (χ4n) is 5.44. The summed E-state index contributed by atoms with van der Waals surface area (Å²) in [6, 6.07) is 4.91. The summed E-state index contributed by atoms with van der Waals surface area (Å²) in [6.07, 6.45) is 9.10. The van der Waals surface area contributed by atoms with E-state index in [2.05, 4.69) is 5.32 Å². The van der Waals surface area contributed by atoms with Gasteiger partial charge in [0.2, 0.25) is 0 Å². The molecule has 174 valence electrons. The third kappa shape index (κ3) is 4.22. The Balaban J connectivity index is 1.69. The highest BCUT2D eigenvalue weighted by Crippen LogP contribution is 2.40. The molecule has 4 rings (SSSR count). The Morgan fingerprint density at radius 3 is 2.41 bits per heavy atom. The first-order chi connectivity index (χ1) is 15.6. The lowest BCUT2D eigenvalue weighted by atomic mass is 9.91. The van der Waals surface area contributed by atoms with E-state index in [1.165, 1.54) is 13.5 Å². The molecular weight excluding hydrogens is 408 g/mol. The van der Waals surface area contributed by atoms with E-state index in [9.17, 15) is 9.59 Å². The third-order valence-corrected chi connectivity index (χ3v) is 7.08. The van der Waals surface area contributed by atoms with Gasteiger partial charge in [0.15, 0.2) is 11.5 Å². The smallest absolute Gasteiger partial charge is 0.327 e. The van der Waals surface area contributed by atoms with E-state index in [1.807, 2.05) is 11.0 Å². The molecule has 1 saturated carbocycles. The fraction of sp³-hybridized carbons (Fsp3) is 0.600. The number of hydrogen-bond donors (Lipinski definition) is 1. The molecule has 0 aromatic heterocycles. The van der Waals surface area contributed by atoms with Crippen LogP contribution in [0.3, 0.4) is 0 Å². The van der Waals surface area contributed by atoms with Crippen molar-refractivity contribution in [3.05, 3.63) is 34.9 Å². The van der Waals surface area contributed by atoms with Gasteiger partial charge < -0.3 is 19.1 Å². The standard InChI is InChI=1S/C25H34N2O5/c1-30-20-14-13-16(15-21(20)31-2)22(25(29)32-3)26-23-18-11-7-8-12-19(18)24(28)27(23)17-9-5-4-6-10-17/h13-15,17,22-23,26H,4-12H2,1-3H3/t22-,23-/m0/s1. The lowest BCUT2D eigenvalue weighted by Gasteiger charge is -2.38. The van der Waals surface area contributed by atoms with Gasteiger partial charge in [0.25, 0.3) is 5.91 Å². The van der Waals surface area contributed by atoms with Gasteiger partial charge in [0.1, 0.15) is 12.2 Å². The number of carbonyl (C=O) groups excluding carboxylic acids is 2. The molecule has 0 spiro atoms. The molecule has 0 unspecified atom stereocenters. The number of carbonyl (C=O) groups is 2. The predicted octanol–water partition coefficient (Wildman–Crippen LogP) is 3.88. The van der Waals surface area contributed by atoms with Gasteiger partial charge in [-0.3, -0.25) is 10.1 Å². The van der Waals surface area contributed by atoms with Crippen molar-refractivity contribution >= 4 is 11.9 Å².